The Hall–Kier alpha value is -3.38. The monoisotopic (exact) mass is 368 g/mol. The van der Waals surface area contributed by atoms with Crippen LogP contribution in [-0.4, -0.2) is 23.2 Å². The number of carboxylic acid groups (broad SMARTS) is 1. The van der Waals surface area contributed by atoms with E-state index in [0.717, 1.165) is 0 Å². The van der Waals surface area contributed by atoms with Gasteiger partial charge in [0.05, 0.1) is 11.8 Å². The van der Waals surface area contributed by atoms with E-state index in [0.29, 0.717) is 27.7 Å². The third kappa shape index (κ3) is 3.99. The second-order valence-electron chi connectivity index (χ2n) is 5.26. The molecule has 0 saturated heterocycles. The van der Waals surface area contributed by atoms with Crippen LogP contribution in [0.4, 0.5) is 0 Å². The highest BCUT2D eigenvalue weighted by Crippen LogP contribution is 2.25. The maximum Gasteiger partial charge on any atom is 0.336 e. The van der Waals surface area contributed by atoms with Crippen molar-refractivity contribution in [1.82, 2.24) is 5.43 Å². The predicted molar refractivity (Wildman–Crippen MR) is 97.6 cm³/mol. The SMILES string of the molecule is O=C(N/N=C/c1ccc(-c2ccccc2C(=O)O)o1)c1cccc(Cl)c1. The summed E-state index contributed by atoms with van der Waals surface area (Å²) in [4.78, 5) is 23.2. The smallest absolute Gasteiger partial charge is 0.336 e. The molecule has 7 heteroatoms. The summed E-state index contributed by atoms with van der Waals surface area (Å²) in [7, 11) is 0. The Morgan fingerprint density at radius 3 is 2.65 bits per heavy atom. The Morgan fingerprint density at radius 2 is 1.88 bits per heavy atom. The number of halogens is 1. The van der Waals surface area contributed by atoms with Gasteiger partial charge < -0.3 is 9.52 Å². The van der Waals surface area contributed by atoms with Crippen molar-refractivity contribution < 1.29 is 19.1 Å². The number of benzene rings is 2. The van der Waals surface area contributed by atoms with E-state index in [1.165, 1.54) is 18.3 Å². The van der Waals surface area contributed by atoms with Crippen molar-refractivity contribution in [3.8, 4) is 11.3 Å². The zero-order valence-corrected chi connectivity index (χ0v) is 14.1. The third-order valence-corrected chi connectivity index (χ3v) is 3.73. The number of carbonyl (C=O) groups is 2. The average Bonchev–Trinajstić information content (AvgIpc) is 3.10. The number of furan rings is 1. The highest BCUT2D eigenvalue weighted by molar-refractivity contribution is 6.30. The quantitative estimate of drug-likeness (QED) is 0.524. The lowest BCUT2D eigenvalue weighted by atomic mass is 10.1. The molecular formula is C19H13ClN2O4. The summed E-state index contributed by atoms with van der Waals surface area (Å²) in [5.41, 5.74) is 3.35. The number of hydrazone groups is 1. The maximum atomic E-state index is 12.0. The summed E-state index contributed by atoms with van der Waals surface area (Å²) in [5, 5.41) is 13.5. The molecule has 0 unspecified atom stereocenters. The molecule has 26 heavy (non-hydrogen) atoms. The fraction of sp³-hybridized carbons (Fsp3) is 0. The number of hydrogen-bond acceptors (Lipinski definition) is 4. The molecule has 0 bridgehead atoms. The van der Waals surface area contributed by atoms with Crippen LogP contribution in [0, 0.1) is 0 Å². The Labute approximate surface area is 153 Å². The van der Waals surface area contributed by atoms with Crippen LogP contribution >= 0.6 is 11.6 Å². The largest absolute Gasteiger partial charge is 0.478 e. The number of carbonyl (C=O) groups excluding carboxylic acids is 1. The van der Waals surface area contributed by atoms with E-state index in [1.807, 2.05) is 0 Å². The van der Waals surface area contributed by atoms with E-state index >= 15 is 0 Å². The Bertz CT molecular complexity index is 994. The van der Waals surface area contributed by atoms with Crippen molar-refractivity contribution in [3.63, 3.8) is 0 Å². The van der Waals surface area contributed by atoms with Gasteiger partial charge in [-0.25, -0.2) is 10.2 Å². The van der Waals surface area contributed by atoms with E-state index in [1.54, 1.807) is 48.5 Å². The van der Waals surface area contributed by atoms with Gasteiger partial charge in [0.25, 0.3) is 5.91 Å². The van der Waals surface area contributed by atoms with Gasteiger partial charge >= 0.3 is 5.97 Å². The van der Waals surface area contributed by atoms with Gasteiger partial charge in [0.1, 0.15) is 11.5 Å². The number of nitrogens with one attached hydrogen (secondary N) is 1. The number of rotatable bonds is 5. The van der Waals surface area contributed by atoms with Crippen molar-refractivity contribution >= 4 is 29.7 Å². The number of carboxylic acids is 1. The second-order valence-corrected chi connectivity index (χ2v) is 5.70. The molecule has 0 saturated carbocycles. The molecule has 3 rings (SSSR count). The van der Waals surface area contributed by atoms with Crippen molar-refractivity contribution in [2.75, 3.05) is 0 Å². The van der Waals surface area contributed by atoms with E-state index in [2.05, 4.69) is 10.5 Å². The molecular weight excluding hydrogens is 356 g/mol. The van der Waals surface area contributed by atoms with Crippen LogP contribution < -0.4 is 5.43 Å². The van der Waals surface area contributed by atoms with E-state index in [-0.39, 0.29) is 5.56 Å². The number of amides is 1. The molecule has 0 radical (unpaired) electrons. The summed E-state index contributed by atoms with van der Waals surface area (Å²) >= 11 is 5.84. The van der Waals surface area contributed by atoms with E-state index < -0.39 is 11.9 Å². The van der Waals surface area contributed by atoms with Crippen LogP contribution in [0.25, 0.3) is 11.3 Å². The summed E-state index contributed by atoms with van der Waals surface area (Å²) < 4.78 is 5.58. The van der Waals surface area contributed by atoms with E-state index in [4.69, 9.17) is 16.0 Å². The van der Waals surface area contributed by atoms with Crippen LogP contribution in [-0.2, 0) is 0 Å². The summed E-state index contributed by atoms with van der Waals surface area (Å²) in [5.74, 6) is -0.690. The summed E-state index contributed by atoms with van der Waals surface area (Å²) in [6.45, 7) is 0. The number of nitrogens with zero attached hydrogens (tertiary/aromatic N) is 1. The standard InChI is InChI=1S/C19H13ClN2O4/c20-13-5-3-4-12(10-13)18(23)22-21-11-14-8-9-17(26-14)15-6-1-2-7-16(15)19(24)25/h1-11H,(H,22,23)(H,24,25)/b21-11+. The zero-order valence-electron chi connectivity index (χ0n) is 13.3. The van der Waals surface area contributed by atoms with Gasteiger partial charge in [0, 0.05) is 16.1 Å². The zero-order chi connectivity index (χ0) is 18.5. The molecule has 1 amide bonds. The molecule has 2 N–H and O–H groups in total. The number of aromatic carboxylic acids is 1. The van der Waals surface area contributed by atoms with Crippen LogP contribution in [0.15, 0.2) is 70.2 Å². The predicted octanol–water partition coefficient (Wildman–Crippen LogP) is 4.06. The van der Waals surface area contributed by atoms with Gasteiger partial charge in [0.15, 0.2) is 0 Å². The first-order valence-corrected chi connectivity index (χ1v) is 7.94. The summed E-state index contributed by atoms with van der Waals surface area (Å²) in [6, 6.07) is 16.3. The molecule has 2 aromatic carbocycles. The Morgan fingerprint density at radius 1 is 1.08 bits per heavy atom. The van der Waals surface area contributed by atoms with Gasteiger partial charge in [-0.05, 0) is 36.4 Å². The van der Waals surface area contributed by atoms with Gasteiger partial charge in [-0.1, -0.05) is 35.9 Å². The molecule has 0 atom stereocenters. The van der Waals surface area contributed by atoms with Crippen LogP contribution in [0.2, 0.25) is 5.02 Å². The van der Waals surface area contributed by atoms with Crippen LogP contribution in [0.3, 0.4) is 0 Å². The second kappa shape index (κ2) is 7.67. The first kappa shape index (κ1) is 17.4. The molecule has 1 heterocycles. The van der Waals surface area contributed by atoms with Crippen LogP contribution in [0.5, 0.6) is 0 Å². The lowest BCUT2D eigenvalue weighted by molar-refractivity contribution is 0.0697. The molecule has 130 valence electrons. The molecule has 3 aromatic rings. The van der Waals surface area contributed by atoms with Gasteiger partial charge in [0.2, 0.25) is 0 Å². The highest BCUT2D eigenvalue weighted by Gasteiger charge is 2.13. The average molecular weight is 369 g/mol. The van der Waals surface area contributed by atoms with Crippen molar-refractivity contribution in [1.29, 1.82) is 0 Å². The first-order chi connectivity index (χ1) is 12.5. The molecule has 1 aromatic heterocycles. The summed E-state index contributed by atoms with van der Waals surface area (Å²) in [6.07, 6.45) is 1.33. The molecule has 0 aliphatic carbocycles. The molecule has 0 spiro atoms. The van der Waals surface area contributed by atoms with Crippen molar-refractivity contribution in [3.05, 3.63) is 82.6 Å². The normalized spacial score (nSPS) is 10.8. The molecule has 0 fully saturated rings. The first-order valence-electron chi connectivity index (χ1n) is 7.56. The lowest BCUT2D eigenvalue weighted by Crippen LogP contribution is -2.17. The van der Waals surface area contributed by atoms with Gasteiger partial charge in [-0.3, -0.25) is 4.79 Å². The van der Waals surface area contributed by atoms with Gasteiger partial charge in [-0.15, -0.1) is 0 Å². The fourth-order valence-corrected chi connectivity index (χ4v) is 2.49. The minimum absolute atomic E-state index is 0.139. The lowest BCUT2D eigenvalue weighted by Gasteiger charge is -2.02. The van der Waals surface area contributed by atoms with Crippen molar-refractivity contribution in [2.24, 2.45) is 5.10 Å². The highest BCUT2D eigenvalue weighted by atomic mass is 35.5. The fourth-order valence-electron chi connectivity index (χ4n) is 2.30. The maximum absolute atomic E-state index is 12.0. The van der Waals surface area contributed by atoms with Gasteiger partial charge in [-0.2, -0.15) is 5.10 Å². The molecule has 6 nitrogen and oxygen atoms in total. The number of hydrogen-bond donors (Lipinski definition) is 2. The Balaban J connectivity index is 1.72. The van der Waals surface area contributed by atoms with Crippen LogP contribution in [0.1, 0.15) is 26.5 Å². The van der Waals surface area contributed by atoms with E-state index in [9.17, 15) is 14.7 Å². The molecule has 0 aliphatic heterocycles. The topological polar surface area (TPSA) is 91.9 Å². The minimum atomic E-state index is -1.04. The Kier molecular flexibility index (Phi) is 5.15. The molecule has 0 aliphatic rings. The van der Waals surface area contributed by atoms with Crippen molar-refractivity contribution in [2.45, 2.75) is 0 Å². The third-order valence-electron chi connectivity index (χ3n) is 3.49. The minimum Gasteiger partial charge on any atom is -0.478 e.